The lowest BCUT2D eigenvalue weighted by atomic mass is 9.75. The molecule has 0 aromatic heterocycles. The fourth-order valence-corrected chi connectivity index (χ4v) is 2.50. The Morgan fingerprint density at radius 1 is 0.882 bits per heavy atom. The molecule has 0 saturated heterocycles. The standard InChI is InChI=1S/C16H35N/c1-6-9-11-13-16(8-3,12-10-7-2)14-17-15(4)5/h15,17H,6-14H2,1-5H3. The topological polar surface area (TPSA) is 12.0 Å². The van der Waals surface area contributed by atoms with Crippen LogP contribution in [0.1, 0.15) is 86.0 Å². The third-order valence-electron chi connectivity index (χ3n) is 4.01. The van der Waals surface area contributed by atoms with E-state index in [4.69, 9.17) is 0 Å². The Morgan fingerprint density at radius 3 is 1.94 bits per heavy atom. The molecule has 0 bridgehead atoms. The Balaban J connectivity index is 4.27. The van der Waals surface area contributed by atoms with Crippen molar-refractivity contribution in [2.75, 3.05) is 6.54 Å². The molecule has 0 rings (SSSR count). The van der Waals surface area contributed by atoms with Crippen LogP contribution in [0.2, 0.25) is 0 Å². The van der Waals surface area contributed by atoms with Crippen LogP contribution in [0.15, 0.2) is 0 Å². The molecule has 0 aliphatic carbocycles. The predicted molar refractivity (Wildman–Crippen MR) is 79.5 cm³/mol. The van der Waals surface area contributed by atoms with Gasteiger partial charge in [0.1, 0.15) is 0 Å². The molecule has 0 aromatic rings. The Labute approximate surface area is 110 Å². The van der Waals surface area contributed by atoms with E-state index in [1.165, 1.54) is 57.9 Å². The van der Waals surface area contributed by atoms with Gasteiger partial charge >= 0.3 is 0 Å². The largest absolute Gasteiger partial charge is 0.314 e. The minimum atomic E-state index is 0.565. The summed E-state index contributed by atoms with van der Waals surface area (Å²) in [5, 5.41) is 3.67. The van der Waals surface area contributed by atoms with E-state index in [0.29, 0.717) is 11.5 Å². The van der Waals surface area contributed by atoms with E-state index in [9.17, 15) is 0 Å². The molecule has 0 radical (unpaired) electrons. The Kier molecular flexibility index (Phi) is 9.91. The monoisotopic (exact) mass is 241 g/mol. The van der Waals surface area contributed by atoms with Gasteiger partial charge in [-0.25, -0.2) is 0 Å². The molecule has 17 heavy (non-hydrogen) atoms. The van der Waals surface area contributed by atoms with Crippen LogP contribution in [0.5, 0.6) is 0 Å². The fraction of sp³-hybridized carbons (Fsp3) is 1.00. The first-order valence-corrected chi connectivity index (χ1v) is 7.83. The summed E-state index contributed by atoms with van der Waals surface area (Å²) in [6, 6.07) is 0.619. The lowest BCUT2D eigenvalue weighted by Gasteiger charge is -2.34. The van der Waals surface area contributed by atoms with Gasteiger partial charge in [-0.15, -0.1) is 0 Å². The van der Waals surface area contributed by atoms with Gasteiger partial charge in [0.2, 0.25) is 0 Å². The number of hydrogen-bond donors (Lipinski definition) is 1. The maximum absolute atomic E-state index is 3.67. The summed E-state index contributed by atoms with van der Waals surface area (Å²) in [6.07, 6.45) is 11.0. The summed E-state index contributed by atoms with van der Waals surface area (Å²) in [7, 11) is 0. The highest BCUT2D eigenvalue weighted by atomic mass is 14.9. The second-order valence-corrected chi connectivity index (χ2v) is 5.95. The van der Waals surface area contributed by atoms with Gasteiger partial charge in [0.05, 0.1) is 0 Å². The lowest BCUT2D eigenvalue weighted by molar-refractivity contribution is 0.200. The van der Waals surface area contributed by atoms with E-state index >= 15 is 0 Å². The van der Waals surface area contributed by atoms with Crippen molar-refractivity contribution >= 4 is 0 Å². The second kappa shape index (κ2) is 9.94. The summed E-state index contributed by atoms with van der Waals surface area (Å²) >= 11 is 0. The van der Waals surface area contributed by atoms with Gasteiger partial charge in [-0.2, -0.15) is 0 Å². The van der Waals surface area contributed by atoms with Crippen molar-refractivity contribution < 1.29 is 0 Å². The maximum Gasteiger partial charge on any atom is 0.00106 e. The fourth-order valence-electron chi connectivity index (χ4n) is 2.50. The van der Waals surface area contributed by atoms with Crippen LogP contribution in [0, 0.1) is 5.41 Å². The first-order chi connectivity index (χ1) is 8.10. The number of nitrogens with one attached hydrogen (secondary N) is 1. The minimum Gasteiger partial charge on any atom is -0.314 e. The molecule has 104 valence electrons. The SMILES string of the molecule is CCCCCC(CC)(CCCC)CNC(C)C. The Bertz CT molecular complexity index is 165. The zero-order chi connectivity index (χ0) is 13.1. The quantitative estimate of drug-likeness (QED) is 0.493. The van der Waals surface area contributed by atoms with Crippen LogP contribution < -0.4 is 5.32 Å². The highest BCUT2D eigenvalue weighted by Crippen LogP contribution is 2.34. The van der Waals surface area contributed by atoms with Crippen molar-refractivity contribution in [3.63, 3.8) is 0 Å². The molecule has 0 saturated carbocycles. The molecule has 1 N–H and O–H groups in total. The molecule has 1 heteroatoms. The summed E-state index contributed by atoms with van der Waals surface area (Å²) in [5.41, 5.74) is 0.565. The van der Waals surface area contributed by atoms with Crippen molar-refractivity contribution in [3.05, 3.63) is 0 Å². The summed E-state index contributed by atoms with van der Waals surface area (Å²) in [4.78, 5) is 0. The van der Waals surface area contributed by atoms with Gasteiger partial charge in [-0.1, -0.05) is 66.7 Å². The zero-order valence-corrected chi connectivity index (χ0v) is 12.9. The second-order valence-electron chi connectivity index (χ2n) is 5.95. The van der Waals surface area contributed by atoms with Gasteiger partial charge in [-0.05, 0) is 24.7 Å². The van der Waals surface area contributed by atoms with Gasteiger partial charge in [-0.3, -0.25) is 0 Å². The normalized spacial score (nSPS) is 15.2. The minimum absolute atomic E-state index is 0.565. The van der Waals surface area contributed by atoms with Crippen LogP contribution in [-0.4, -0.2) is 12.6 Å². The van der Waals surface area contributed by atoms with E-state index in [2.05, 4.69) is 39.9 Å². The molecule has 1 atom stereocenters. The molecule has 1 nitrogen and oxygen atoms in total. The van der Waals surface area contributed by atoms with Crippen molar-refractivity contribution in [1.82, 2.24) is 5.32 Å². The van der Waals surface area contributed by atoms with Gasteiger partial charge in [0, 0.05) is 12.6 Å². The molecule has 0 amide bonds. The smallest absolute Gasteiger partial charge is 0.00106 e. The highest BCUT2D eigenvalue weighted by molar-refractivity contribution is 4.81. The summed E-state index contributed by atoms with van der Waals surface area (Å²) < 4.78 is 0. The third kappa shape index (κ3) is 7.81. The van der Waals surface area contributed by atoms with Crippen molar-refractivity contribution in [2.45, 2.75) is 92.0 Å². The first-order valence-electron chi connectivity index (χ1n) is 7.83. The van der Waals surface area contributed by atoms with Crippen LogP contribution >= 0.6 is 0 Å². The average Bonchev–Trinajstić information content (AvgIpc) is 2.32. The van der Waals surface area contributed by atoms with E-state index in [1.807, 2.05) is 0 Å². The molecule has 1 unspecified atom stereocenters. The Hall–Kier alpha value is -0.0400. The molecule has 0 heterocycles. The van der Waals surface area contributed by atoms with E-state index in [-0.39, 0.29) is 0 Å². The third-order valence-corrected chi connectivity index (χ3v) is 4.01. The molecule has 0 aliphatic rings. The van der Waals surface area contributed by atoms with Crippen LogP contribution in [0.3, 0.4) is 0 Å². The molecular formula is C16H35N. The van der Waals surface area contributed by atoms with Crippen LogP contribution in [0.4, 0.5) is 0 Å². The highest BCUT2D eigenvalue weighted by Gasteiger charge is 2.26. The zero-order valence-electron chi connectivity index (χ0n) is 12.9. The van der Waals surface area contributed by atoms with E-state index in [0.717, 1.165) is 0 Å². The molecule has 0 aliphatic heterocycles. The van der Waals surface area contributed by atoms with Gasteiger partial charge < -0.3 is 5.32 Å². The predicted octanol–water partition coefficient (Wildman–Crippen LogP) is 5.15. The average molecular weight is 241 g/mol. The summed E-state index contributed by atoms with van der Waals surface area (Å²) in [6.45, 7) is 12.7. The maximum atomic E-state index is 3.67. The van der Waals surface area contributed by atoms with Crippen LogP contribution in [-0.2, 0) is 0 Å². The van der Waals surface area contributed by atoms with Gasteiger partial charge in [0.25, 0.3) is 0 Å². The van der Waals surface area contributed by atoms with Crippen LogP contribution in [0.25, 0.3) is 0 Å². The van der Waals surface area contributed by atoms with Crippen molar-refractivity contribution in [1.29, 1.82) is 0 Å². The number of unbranched alkanes of at least 4 members (excludes halogenated alkanes) is 3. The summed E-state index contributed by atoms with van der Waals surface area (Å²) in [5.74, 6) is 0. The van der Waals surface area contributed by atoms with E-state index < -0.39 is 0 Å². The van der Waals surface area contributed by atoms with Crippen molar-refractivity contribution in [2.24, 2.45) is 5.41 Å². The molecule has 0 aromatic carbocycles. The number of hydrogen-bond acceptors (Lipinski definition) is 1. The lowest BCUT2D eigenvalue weighted by Crippen LogP contribution is -2.37. The number of rotatable bonds is 11. The van der Waals surface area contributed by atoms with E-state index in [1.54, 1.807) is 0 Å². The van der Waals surface area contributed by atoms with Gasteiger partial charge in [0.15, 0.2) is 0 Å². The molecule has 0 fully saturated rings. The Morgan fingerprint density at radius 2 is 1.47 bits per heavy atom. The van der Waals surface area contributed by atoms with Crippen molar-refractivity contribution in [3.8, 4) is 0 Å². The molecule has 0 spiro atoms. The molecular weight excluding hydrogens is 206 g/mol. The first kappa shape index (κ1) is 17.0.